The molecule has 0 radical (unpaired) electrons. The van der Waals surface area contributed by atoms with Crippen molar-refractivity contribution in [2.24, 2.45) is 0 Å². The Balaban J connectivity index is 1.49. The van der Waals surface area contributed by atoms with Gasteiger partial charge in [0.1, 0.15) is 0 Å². The average molecular weight is 383 g/mol. The number of nitrogens with zero attached hydrogens (tertiary/aromatic N) is 1. The van der Waals surface area contributed by atoms with Gasteiger partial charge in [-0.3, -0.25) is 20.4 Å². The minimum atomic E-state index is -0.514. The van der Waals surface area contributed by atoms with Gasteiger partial charge in [-0.25, -0.2) is 4.39 Å². The number of benzene rings is 2. The Morgan fingerprint density at radius 2 is 2.04 bits per heavy atom. The first kappa shape index (κ1) is 19.4. The number of para-hydroxylation sites is 1. The van der Waals surface area contributed by atoms with Crippen LogP contribution in [-0.2, 0) is 16.0 Å². The quantitative estimate of drug-likeness (QED) is 0.615. The zero-order valence-electron chi connectivity index (χ0n) is 15.6. The van der Waals surface area contributed by atoms with Crippen molar-refractivity contribution in [3.63, 3.8) is 0 Å². The van der Waals surface area contributed by atoms with Gasteiger partial charge in [-0.15, -0.1) is 0 Å². The molecule has 0 saturated heterocycles. The number of carbonyl (C=O) groups excluding carboxylic acids is 2. The first-order valence-corrected chi connectivity index (χ1v) is 9.00. The minimum Gasteiger partial charge on any atom is -0.494 e. The third kappa shape index (κ3) is 4.88. The molecule has 0 aliphatic carbocycles. The van der Waals surface area contributed by atoms with E-state index in [2.05, 4.69) is 16.9 Å². The van der Waals surface area contributed by atoms with E-state index in [9.17, 15) is 14.0 Å². The van der Waals surface area contributed by atoms with Crippen LogP contribution in [0.3, 0.4) is 0 Å². The largest absolute Gasteiger partial charge is 0.494 e. The van der Waals surface area contributed by atoms with Gasteiger partial charge in [0.15, 0.2) is 11.6 Å². The van der Waals surface area contributed by atoms with Gasteiger partial charge in [0.2, 0.25) is 0 Å². The van der Waals surface area contributed by atoms with E-state index >= 15 is 0 Å². The van der Waals surface area contributed by atoms with E-state index in [0.29, 0.717) is 5.56 Å². The molecule has 1 aliphatic heterocycles. The lowest BCUT2D eigenvalue weighted by Gasteiger charge is -2.30. The molecule has 2 aromatic carbocycles. The van der Waals surface area contributed by atoms with Crippen molar-refractivity contribution in [1.29, 1.82) is 0 Å². The first-order chi connectivity index (χ1) is 13.6. The number of carbonyl (C=O) groups is 2. The summed E-state index contributed by atoms with van der Waals surface area (Å²) in [7, 11) is 1.38. The SMILES string of the molecule is COc1ccc(/C=C/C(=O)NNC(=O)CN2CCCc3ccccc32)cc1F. The van der Waals surface area contributed by atoms with Gasteiger partial charge in [0, 0.05) is 18.3 Å². The zero-order chi connectivity index (χ0) is 19.9. The highest BCUT2D eigenvalue weighted by Crippen LogP contribution is 2.26. The molecule has 1 aliphatic rings. The molecule has 1 heterocycles. The molecule has 0 saturated carbocycles. The lowest BCUT2D eigenvalue weighted by Crippen LogP contribution is -2.47. The van der Waals surface area contributed by atoms with E-state index in [1.807, 2.05) is 23.1 Å². The topological polar surface area (TPSA) is 70.7 Å². The monoisotopic (exact) mass is 383 g/mol. The molecule has 0 bridgehead atoms. The van der Waals surface area contributed by atoms with Crippen LogP contribution < -0.4 is 20.5 Å². The molecule has 28 heavy (non-hydrogen) atoms. The Bertz CT molecular complexity index is 898. The highest BCUT2D eigenvalue weighted by Gasteiger charge is 2.18. The average Bonchev–Trinajstić information content (AvgIpc) is 2.71. The summed E-state index contributed by atoms with van der Waals surface area (Å²) < 4.78 is 18.5. The van der Waals surface area contributed by atoms with Gasteiger partial charge < -0.3 is 9.64 Å². The maximum atomic E-state index is 13.6. The fourth-order valence-corrected chi connectivity index (χ4v) is 3.12. The van der Waals surface area contributed by atoms with Gasteiger partial charge in [0.25, 0.3) is 11.8 Å². The smallest absolute Gasteiger partial charge is 0.262 e. The van der Waals surface area contributed by atoms with Crippen LogP contribution in [0.4, 0.5) is 10.1 Å². The molecule has 0 atom stereocenters. The molecular formula is C21H22FN3O3. The number of methoxy groups -OCH3 is 1. The van der Waals surface area contributed by atoms with E-state index in [1.54, 1.807) is 6.07 Å². The van der Waals surface area contributed by atoms with Crippen LogP contribution in [0.5, 0.6) is 5.75 Å². The standard InChI is InChI=1S/C21H22FN3O3/c1-28-19-10-8-15(13-17(19)22)9-11-20(26)23-24-21(27)14-25-12-4-6-16-5-2-3-7-18(16)25/h2-3,5,7-11,13H,4,6,12,14H2,1H3,(H,23,26)(H,24,27)/b11-9+. The highest BCUT2D eigenvalue weighted by atomic mass is 19.1. The molecule has 2 N–H and O–H groups in total. The second-order valence-corrected chi connectivity index (χ2v) is 6.42. The van der Waals surface area contributed by atoms with Crippen LogP contribution in [0, 0.1) is 5.82 Å². The lowest BCUT2D eigenvalue weighted by atomic mass is 10.0. The Kier molecular flexibility index (Phi) is 6.26. The number of anilines is 1. The van der Waals surface area contributed by atoms with Crippen LogP contribution >= 0.6 is 0 Å². The van der Waals surface area contributed by atoms with Crippen molar-refractivity contribution in [3.05, 3.63) is 65.5 Å². The maximum absolute atomic E-state index is 13.6. The number of halogens is 1. The van der Waals surface area contributed by atoms with Crippen LogP contribution in [-0.4, -0.2) is 32.0 Å². The number of nitrogens with one attached hydrogen (secondary N) is 2. The Morgan fingerprint density at radius 1 is 1.21 bits per heavy atom. The van der Waals surface area contributed by atoms with Gasteiger partial charge in [-0.1, -0.05) is 24.3 Å². The highest BCUT2D eigenvalue weighted by molar-refractivity contribution is 5.93. The summed E-state index contributed by atoms with van der Waals surface area (Å²) in [5.74, 6) is -1.20. The van der Waals surface area contributed by atoms with Crippen molar-refractivity contribution in [1.82, 2.24) is 10.9 Å². The number of rotatable bonds is 5. The van der Waals surface area contributed by atoms with Crippen molar-refractivity contribution in [3.8, 4) is 5.75 Å². The van der Waals surface area contributed by atoms with E-state index in [4.69, 9.17) is 4.74 Å². The number of hydrogen-bond acceptors (Lipinski definition) is 4. The van der Waals surface area contributed by atoms with Gasteiger partial charge in [-0.05, 0) is 48.2 Å². The first-order valence-electron chi connectivity index (χ1n) is 9.00. The van der Waals surface area contributed by atoms with E-state index in [-0.39, 0.29) is 18.2 Å². The van der Waals surface area contributed by atoms with E-state index in [0.717, 1.165) is 25.1 Å². The Labute approximate surface area is 163 Å². The third-order valence-corrected chi connectivity index (χ3v) is 4.47. The predicted molar refractivity (Wildman–Crippen MR) is 105 cm³/mol. The van der Waals surface area contributed by atoms with E-state index in [1.165, 1.54) is 37.0 Å². The van der Waals surface area contributed by atoms with Crippen LogP contribution in [0.15, 0.2) is 48.5 Å². The van der Waals surface area contributed by atoms with Crippen LogP contribution in [0.2, 0.25) is 0 Å². The van der Waals surface area contributed by atoms with Gasteiger partial charge >= 0.3 is 0 Å². The summed E-state index contributed by atoms with van der Waals surface area (Å²) in [6, 6.07) is 12.4. The molecule has 2 aromatic rings. The summed E-state index contributed by atoms with van der Waals surface area (Å²) in [5.41, 5.74) is 7.51. The predicted octanol–water partition coefficient (Wildman–Crippen LogP) is 2.45. The molecule has 2 amide bonds. The normalized spacial score (nSPS) is 13.1. The van der Waals surface area contributed by atoms with Crippen molar-refractivity contribution >= 4 is 23.6 Å². The van der Waals surface area contributed by atoms with Crippen molar-refractivity contribution in [2.75, 3.05) is 25.1 Å². The molecular weight excluding hydrogens is 361 g/mol. The minimum absolute atomic E-state index is 0.133. The van der Waals surface area contributed by atoms with Crippen LogP contribution in [0.1, 0.15) is 17.5 Å². The number of amides is 2. The zero-order valence-corrected chi connectivity index (χ0v) is 15.6. The molecule has 0 fully saturated rings. The molecule has 7 heteroatoms. The number of hydrogen-bond donors (Lipinski definition) is 2. The lowest BCUT2D eigenvalue weighted by molar-refractivity contribution is -0.125. The van der Waals surface area contributed by atoms with Gasteiger partial charge in [0.05, 0.1) is 13.7 Å². The molecule has 3 rings (SSSR count). The molecule has 6 nitrogen and oxygen atoms in total. The summed E-state index contributed by atoms with van der Waals surface area (Å²) in [5, 5.41) is 0. The van der Waals surface area contributed by atoms with Crippen molar-refractivity contribution < 1.29 is 18.7 Å². The fourth-order valence-electron chi connectivity index (χ4n) is 3.12. The molecule has 0 unspecified atom stereocenters. The summed E-state index contributed by atoms with van der Waals surface area (Å²) in [6.07, 6.45) is 4.65. The second-order valence-electron chi connectivity index (χ2n) is 6.42. The van der Waals surface area contributed by atoms with Crippen LogP contribution in [0.25, 0.3) is 6.08 Å². The number of ether oxygens (including phenoxy) is 1. The molecule has 146 valence electrons. The Hall–Kier alpha value is -3.35. The fraction of sp³-hybridized carbons (Fsp3) is 0.238. The summed E-state index contributed by atoms with van der Waals surface area (Å²) in [6.45, 7) is 0.950. The van der Waals surface area contributed by atoms with Gasteiger partial charge in [-0.2, -0.15) is 0 Å². The Morgan fingerprint density at radius 3 is 2.82 bits per heavy atom. The molecule has 0 aromatic heterocycles. The maximum Gasteiger partial charge on any atom is 0.262 e. The number of hydrazine groups is 1. The summed E-state index contributed by atoms with van der Waals surface area (Å²) in [4.78, 5) is 26.0. The number of fused-ring (bicyclic) bond motifs is 1. The number of aryl methyl sites for hydroxylation is 1. The second kappa shape index (κ2) is 9.03. The van der Waals surface area contributed by atoms with E-state index < -0.39 is 11.7 Å². The van der Waals surface area contributed by atoms with Crippen molar-refractivity contribution in [2.45, 2.75) is 12.8 Å². The molecule has 0 spiro atoms. The third-order valence-electron chi connectivity index (χ3n) is 4.47. The summed E-state index contributed by atoms with van der Waals surface area (Å²) >= 11 is 0.